The van der Waals surface area contributed by atoms with Gasteiger partial charge in [-0.05, 0) is 23.8 Å². The average Bonchev–Trinajstić information content (AvgIpc) is 3.09. The van der Waals surface area contributed by atoms with Crippen molar-refractivity contribution >= 4 is 24.3 Å². The highest BCUT2D eigenvalue weighted by molar-refractivity contribution is 5.94. The maximum atomic E-state index is 12.3. The highest BCUT2D eigenvalue weighted by Crippen LogP contribution is 2.26. The van der Waals surface area contributed by atoms with E-state index in [1.165, 1.54) is 31.6 Å². The first-order chi connectivity index (χ1) is 12.7. The maximum Gasteiger partial charge on any atom is 0.573 e. The Hall–Kier alpha value is -2.72. The van der Waals surface area contributed by atoms with E-state index in [9.17, 15) is 22.8 Å². The quantitative estimate of drug-likeness (QED) is 0.664. The van der Waals surface area contributed by atoms with Crippen molar-refractivity contribution in [1.82, 2.24) is 5.32 Å². The minimum Gasteiger partial charge on any atom is -0.469 e. The fourth-order valence-electron chi connectivity index (χ4n) is 2.25. The highest BCUT2D eigenvalue weighted by Gasteiger charge is 2.31. The number of hydrogen-bond acceptors (Lipinski definition) is 6. The predicted molar refractivity (Wildman–Crippen MR) is 93.8 cm³/mol. The third kappa shape index (κ3) is 6.78. The minimum atomic E-state index is -4.82. The van der Waals surface area contributed by atoms with Crippen molar-refractivity contribution in [3.8, 4) is 5.75 Å². The highest BCUT2D eigenvalue weighted by atomic mass is 35.5. The van der Waals surface area contributed by atoms with Crippen LogP contribution in [-0.4, -0.2) is 25.3 Å². The zero-order valence-electron chi connectivity index (χ0n) is 14.6. The summed E-state index contributed by atoms with van der Waals surface area (Å²) in [6.07, 6.45) is -3.82. The lowest BCUT2D eigenvalue weighted by molar-refractivity contribution is -0.274. The number of nitrogens with one attached hydrogen (secondary N) is 1. The molecule has 1 heterocycles. The number of esters is 1. The Bertz CT molecular complexity index is 793. The van der Waals surface area contributed by atoms with E-state index in [4.69, 9.17) is 10.2 Å². The molecule has 7 nitrogen and oxygen atoms in total. The van der Waals surface area contributed by atoms with E-state index >= 15 is 0 Å². The van der Waals surface area contributed by atoms with Crippen LogP contribution in [0, 0.1) is 0 Å². The molecule has 0 radical (unpaired) electrons. The number of alkyl halides is 3. The molecule has 0 aliphatic heterocycles. The topological polar surface area (TPSA) is 104 Å². The second-order valence-corrected chi connectivity index (χ2v) is 5.43. The molecule has 1 aromatic carbocycles. The second kappa shape index (κ2) is 10.00. The molecule has 0 aliphatic carbocycles. The van der Waals surface area contributed by atoms with Gasteiger partial charge in [0.25, 0.3) is 5.91 Å². The van der Waals surface area contributed by atoms with Gasteiger partial charge in [0.2, 0.25) is 0 Å². The number of carbonyl (C=O) groups is 2. The number of hydrogen-bond donors (Lipinski definition) is 2. The summed E-state index contributed by atoms with van der Waals surface area (Å²) in [7, 11) is 1.19. The molecule has 154 valence electrons. The van der Waals surface area contributed by atoms with Gasteiger partial charge in [-0.15, -0.1) is 25.6 Å². The molecule has 1 aromatic heterocycles. The zero-order chi connectivity index (χ0) is 20.0. The van der Waals surface area contributed by atoms with E-state index in [1.807, 2.05) is 0 Å². The molecular formula is C17H18ClF3N2O5. The van der Waals surface area contributed by atoms with Crippen LogP contribution < -0.4 is 15.8 Å². The molecule has 1 amide bonds. The number of methoxy groups -OCH3 is 1. The van der Waals surface area contributed by atoms with Gasteiger partial charge in [-0.1, -0.05) is 12.1 Å². The number of amides is 1. The maximum absolute atomic E-state index is 12.3. The molecule has 2 aromatic rings. The summed E-state index contributed by atoms with van der Waals surface area (Å²) in [6, 6.07) is 5.42. The van der Waals surface area contributed by atoms with Gasteiger partial charge in [-0.25, -0.2) is 0 Å². The number of carbonyl (C=O) groups excluding carboxylic acids is 2. The third-order valence-electron chi connectivity index (χ3n) is 3.54. The van der Waals surface area contributed by atoms with Crippen LogP contribution in [-0.2, 0) is 16.1 Å². The predicted octanol–water partition coefficient (Wildman–Crippen LogP) is 3.09. The van der Waals surface area contributed by atoms with Crippen LogP contribution in [0.1, 0.15) is 34.1 Å². The van der Waals surface area contributed by atoms with Gasteiger partial charge in [-0.2, -0.15) is 0 Å². The lowest BCUT2D eigenvalue weighted by Gasteiger charge is -2.18. The Morgan fingerprint density at radius 1 is 1.25 bits per heavy atom. The number of furan rings is 1. The van der Waals surface area contributed by atoms with Crippen molar-refractivity contribution in [3.63, 3.8) is 0 Å². The van der Waals surface area contributed by atoms with Crippen LogP contribution in [0.25, 0.3) is 0 Å². The van der Waals surface area contributed by atoms with Crippen molar-refractivity contribution in [2.75, 3.05) is 7.11 Å². The van der Waals surface area contributed by atoms with Gasteiger partial charge in [0, 0.05) is 0 Å². The minimum absolute atomic E-state index is 0. The molecule has 0 spiro atoms. The SMILES string of the molecule is COC(=O)CC(NC(=O)c1coc(CN)c1)c1ccc(OC(F)(F)F)cc1.Cl. The molecule has 0 fully saturated rings. The van der Waals surface area contributed by atoms with Gasteiger partial charge < -0.3 is 24.9 Å². The van der Waals surface area contributed by atoms with Crippen LogP contribution in [0.5, 0.6) is 5.75 Å². The lowest BCUT2D eigenvalue weighted by Crippen LogP contribution is -2.30. The molecule has 0 saturated heterocycles. The van der Waals surface area contributed by atoms with E-state index in [0.717, 1.165) is 12.1 Å². The monoisotopic (exact) mass is 422 g/mol. The molecule has 1 atom stereocenters. The summed E-state index contributed by atoms with van der Waals surface area (Å²) in [4.78, 5) is 24.0. The number of halogens is 4. The van der Waals surface area contributed by atoms with Crippen molar-refractivity contribution in [1.29, 1.82) is 0 Å². The summed E-state index contributed by atoms with van der Waals surface area (Å²) in [5.74, 6) is -1.16. The third-order valence-corrected chi connectivity index (χ3v) is 3.54. The molecular weight excluding hydrogens is 405 g/mol. The van der Waals surface area contributed by atoms with Crippen molar-refractivity contribution in [2.24, 2.45) is 5.73 Å². The van der Waals surface area contributed by atoms with Crippen molar-refractivity contribution < 1.29 is 36.7 Å². The van der Waals surface area contributed by atoms with Gasteiger partial charge in [0.15, 0.2) is 0 Å². The fraction of sp³-hybridized carbons (Fsp3) is 0.294. The van der Waals surface area contributed by atoms with E-state index < -0.39 is 30.0 Å². The number of ether oxygens (including phenoxy) is 2. The van der Waals surface area contributed by atoms with Crippen molar-refractivity contribution in [2.45, 2.75) is 25.4 Å². The largest absolute Gasteiger partial charge is 0.573 e. The van der Waals surface area contributed by atoms with Crippen LogP contribution in [0.15, 0.2) is 41.0 Å². The molecule has 0 aliphatic rings. The summed E-state index contributed by atoms with van der Waals surface area (Å²) in [6.45, 7) is 0.111. The van der Waals surface area contributed by atoms with Crippen LogP contribution in [0.4, 0.5) is 13.2 Å². The van der Waals surface area contributed by atoms with Gasteiger partial charge >= 0.3 is 12.3 Å². The summed E-state index contributed by atoms with van der Waals surface area (Å²) < 4.78 is 50.2. The van der Waals surface area contributed by atoms with Crippen LogP contribution >= 0.6 is 12.4 Å². The molecule has 0 bridgehead atoms. The summed E-state index contributed by atoms with van der Waals surface area (Å²) in [5.41, 5.74) is 6.01. The van der Waals surface area contributed by atoms with E-state index in [-0.39, 0.29) is 30.9 Å². The van der Waals surface area contributed by atoms with E-state index in [0.29, 0.717) is 11.3 Å². The molecule has 0 saturated carbocycles. The normalized spacial score (nSPS) is 11.9. The van der Waals surface area contributed by atoms with E-state index in [2.05, 4.69) is 14.8 Å². The lowest BCUT2D eigenvalue weighted by atomic mass is 10.0. The first kappa shape index (κ1) is 23.3. The molecule has 11 heteroatoms. The fourth-order valence-corrected chi connectivity index (χ4v) is 2.25. The molecule has 1 unspecified atom stereocenters. The second-order valence-electron chi connectivity index (χ2n) is 5.43. The first-order valence-electron chi connectivity index (χ1n) is 7.72. The van der Waals surface area contributed by atoms with Gasteiger partial charge in [0.1, 0.15) is 17.8 Å². The van der Waals surface area contributed by atoms with Crippen LogP contribution in [0.3, 0.4) is 0 Å². The summed E-state index contributed by atoms with van der Waals surface area (Å²) >= 11 is 0. The molecule has 28 heavy (non-hydrogen) atoms. The number of rotatable bonds is 7. The smallest absolute Gasteiger partial charge is 0.469 e. The Morgan fingerprint density at radius 2 is 1.89 bits per heavy atom. The number of nitrogens with two attached hydrogens (primary N) is 1. The molecule has 3 N–H and O–H groups in total. The van der Waals surface area contributed by atoms with Crippen molar-refractivity contribution in [3.05, 3.63) is 53.5 Å². The zero-order valence-corrected chi connectivity index (χ0v) is 15.4. The average molecular weight is 423 g/mol. The number of benzene rings is 1. The Balaban J connectivity index is 0.00000392. The Labute approximate surface area is 164 Å². The molecule has 2 rings (SSSR count). The summed E-state index contributed by atoms with van der Waals surface area (Å²) in [5, 5.41) is 2.62. The Morgan fingerprint density at radius 3 is 2.39 bits per heavy atom. The standard InChI is InChI=1S/C17H17F3N2O5.ClH/c1-25-15(23)7-14(22-16(24)11-6-13(8-21)26-9-11)10-2-4-12(5-3-10)27-17(18,19)20;/h2-6,9,14H,7-8,21H2,1H3,(H,22,24);1H. The van der Waals surface area contributed by atoms with Gasteiger partial charge in [-0.3, -0.25) is 9.59 Å². The first-order valence-corrected chi connectivity index (χ1v) is 7.72. The van der Waals surface area contributed by atoms with Gasteiger partial charge in [0.05, 0.1) is 31.7 Å². The van der Waals surface area contributed by atoms with Crippen LogP contribution in [0.2, 0.25) is 0 Å². The van der Waals surface area contributed by atoms with E-state index in [1.54, 1.807) is 0 Å². The Kier molecular flexibility index (Phi) is 8.33.